The van der Waals surface area contributed by atoms with Crippen LogP contribution in [-0.4, -0.2) is 42.6 Å². The van der Waals surface area contributed by atoms with Crippen molar-refractivity contribution in [2.45, 2.75) is 57.4 Å². The van der Waals surface area contributed by atoms with E-state index in [0.717, 1.165) is 50.3 Å². The maximum Gasteiger partial charge on any atom is 0.251 e. The highest BCUT2D eigenvalue weighted by Crippen LogP contribution is 2.30. The molecule has 2 N–H and O–H groups in total. The fourth-order valence-electron chi connectivity index (χ4n) is 4.73. The molecule has 172 valence electrons. The van der Waals surface area contributed by atoms with Crippen molar-refractivity contribution in [1.82, 2.24) is 15.3 Å². The van der Waals surface area contributed by atoms with E-state index in [-0.39, 0.29) is 5.91 Å². The van der Waals surface area contributed by atoms with Crippen LogP contribution in [0.1, 0.15) is 60.1 Å². The highest BCUT2D eigenvalue weighted by atomic mass is 35.5. The van der Waals surface area contributed by atoms with Crippen molar-refractivity contribution in [3.05, 3.63) is 45.1 Å². The molecule has 2 aromatic rings. The van der Waals surface area contributed by atoms with Crippen LogP contribution in [0, 0.1) is 5.92 Å². The van der Waals surface area contributed by atoms with E-state index in [1.807, 2.05) is 0 Å². The number of hydrogen-bond donors (Lipinski definition) is 2. The number of nitrogens with zero attached hydrogens (tertiary/aromatic N) is 3. The lowest BCUT2D eigenvalue weighted by molar-refractivity contribution is 0.0943. The summed E-state index contributed by atoms with van der Waals surface area (Å²) in [6.45, 7) is 0.663. The molecule has 0 spiro atoms. The van der Waals surface area contributed by atoms with E-state index in [0.29, 0.717) is 34.1 Å². The molecule has 8 heteroatoms. The SMILES string of the molecule is CN(C)c1nc(N[C@H]2CC[C@@H](CNC(=O)c3cc(Cl)cc(Cl)c3)CC2)nc2c1CCCC2. The molecule has 0 atom stereocenters. The summed E-state index contributed by atoms with van der Waals surface area (Å²) in [6.07, 6.45) is 8.73. The first-order valence-corrected chi connectivity index (χ1v) is 12.2. The summed E-state index contributed by atoms with van der Waals surface area (Å²) >= 11 is 12.0. The lowest BCUT2D eigenvalue weighted by atomic mass is 9.86. The summed E-state index contributed by atoms with van der Waals surface area (Å²) in [7, 11) is 4.11. The van der Waals surface area contributed by atoms with Crippen molar-refractivity contribution in [1.29, 1.82) is 0 Å². The van der Waals surface area contributed by atoms with Crippen molar-refractivity contribution in [3.8, 4) is 0 Å². The number of amides is 1. The third-order valence-corrected chi connectivity index (χ3v) is 6.88. The summed E-state index contributed by atoms with van der Waals surface area (Å²) < 4.78 is 0. The van der Waals surface area contributed by atoms with Crippen molar-refractivity contribution >= 4 is 40.9 Å². The van der Waals surface area contributed by atoms with Crippen LogP contribution in [-0.2, 0) is 12.8 Å². The van der Waals surface area contributed by atoms with Gasteiger partial charge in [-0.3, -0.25) is 4.79 Å². The molecule has 1 aromatic heterocycles. The first kappa shape index (κ1) is 23.1. The van der Waals surface area contributed by atoms with Gasteiger partial charge in [-0.15, -0.1) is 0 Å². The average molecular weight is 476 g/mol. The number of rotatable bonds is 6. The molecule has 4 rings (SSSR count). The molecule has 0 bridgehead atoms. The Morgan fingerprint density at radius 3 is 2.41 bits per heavy atom. The third-order valence-electron chi connectivity index (χ3n) is 6.44. The minimum Gasteiger partial charge on any atom is -0.362 e. The van der Waals surface area contributed by atoms with Gasteiger partial charge in [-0.1, -0.05) is 23.2 Å². The van der Waals surface area contributed by atoms with Crippen molar-refractivity contribution < 1.29 is 4.79 Å². The monoisotopic (exact) mass is 475 g/mol. The van der Waals surface area contributed by atoms with Crippen LogP contribution in [0.2, 0.25) is 10.0 Å². The fraction of sp³-hybridized carbons (Fsp3) is 0.542. The quantitative estimate of drug-likeness (QED) is 0.605. The molecule has 0 saturated heterocycles. The van der Waals surface area contributed by atoms with Gasteiger partial charge in [-0.25, -0.2) is 4.98 Å². The predicted molar refractivity (Wildman–Crippen MR) is 131 cm³/mol. The van der Waals surface area contributed by atoms with Crippen LogP contribution in [0.15, 0.2) is 18.2 Å². The number of hydrogen-bond acceptors (Lipinski definition) is 5. The molecule has 1 fully saturated rings. The van der Waals surface area contributed by atoms with E-state index >= 15 is 0 Å². The Morgan fingerprint density at radius 1 is 1.03 bits per heavy atom. The van der Waals surface area contributed by atoms with Crippen LogP contribution in [0.5, 0.6) is 0 Å². The average Bonchev–Trinajstić information content (AvgIpc) is 2.77. The van der Waals surface area contributed by atoms with Crippen LogP contribution in [0.4, 0.5) is 11.8 Å². The second-order valence-electron chi connectivity index (χ2n) is 9.13. The molecule has 32 heavy (non-hydrogen) atoms. The summed E-state index contributed by atoms with van der Waals surface area (Å²) in [5.74, 6) is 2.14. The van der Waals surface area contributed by atoms with Gasteiger partial charge in [-0.05, 0) is 75.5 Å². The van der Waals surface area contributed by atoms with Gasteiger partial charge in [0.05, 0.1) is 5.69 Å². The van der Waals surface area contributed by atoms with Crippen molar-refractivity contribution in [3.63, 3.8) is 0 Å². The topological polar surface area (TPSA) is 70.2 Å². The second-order valence-corrected chi connectivity index (χ2v) is 10.0. The zero-order valence-corrected chi connectivity index (χ0v) is 20.3. The maximum absolute atomic E-state index is 12.4. The van der Waals surface area contributed by atoms with E-state index < -0.39 is 0 Å². The first-order chi connectivity index (χ1) is 15.4. The van der Waals surface area contributed by atoms with Gasteiger partial charge >= 0.3 is 0 Å². The molecule has 0 radical (unpaired) electrons. The molecule has 1 heterocycles. The number of benzene rings is 1. The van der Waals surface area contributed by atoms with Gasteiger partial charge in [-0.2, -0.15) is 4.98 Å². The van der Waals surface area contributed by atoms with Crippen LogP contribution < -0.4 is 15.5 Å². The second kappa shape index (κ2) is 10.3. The Balaban J connectivity index is 1.30. The van der Waals surface area contributed by atoms with E-state index in [9.17, 15) is 4.79 Å². The minimum atomic E-state index is -0.131. The van der Waals surface area contributed by atoms with E-state index in [1.54, 1.807) is 18.2 Å². The van der Waals surface area contributed by atoms with Gasteiger partial charge in [0, 0.05) is 47.9 Å². The minimum absolute atomic E-state index is 0.131. The number of nitrogens with one attached hydrogen (secondary N) is 2. The number of carbonyl (C=O) groups is 1. The van der Waals surface area contributed by atoms with Gasteiger partial charge in [0.2, 0.25) is 5.95 Å². The molecule has 2 aliphatic rings. The Labute approximate surface area is 200 Å². The molecule has 1 aromatic carbocycles. The summed E-state index contributed by atoms with van der Waals surface area (Å²) in [5, 5.41) is 7.56. The van der Waals surface area contributed by atoms with Crippen molar-refractivity contribution in [2.24, 2.45) is 5.92 Å². The number of fused-ring (bicyclic) bond motifs is 1. The molecule has 1 saturated carbocycles. The van der Waals surface area contributed by atoms with Crippen LogP contribution >= 0.6 is 23.2 Å². The predicted octanol–water partition coefficient (Wildman–Crippen LogP) is 5.13. The van der Waals surface area contributed by atoms with Crippen LogP contribution in [0.25, 0.3) is 0 Å². The van der Waals surface area contributed by atoms with Gasteiger partial charge in [0.15, 0.2) is 0 Å². The molecule has 6 nitrogen and oxygen atoms in total. The number of aryl methyl sites for hydroxylation is 1. The first-order valence-electron chi connectivity index (χ1n) is 11.5. The standard InChI is InChI=1S/C24H31Cl2N5O/c1-31(2)22-20-5-3-4-6-21(20)29-24(30-22)28-19-9-7-15(8-10-19)14-27-23(32)16-11-17(25)13-18(26)12-16/h11-13,15,19H,3-10,14H2,1-2H3,(H,27,32)(H,28,29,30)/t15-,19+. The fourth-order valence-corrected chi connectivity index (χ4v) is 5.25. The molecule has 0 aliphatic heterocycles. The Hall–Kier alpha value is -2.05. The number of anilines is 2. The van der Waals surface area contributed by atoms with E-state index in [4.69, 9.17) is 33.2 Å². The van der Waals surface area contributed by atoms with E-state index in [1.165, 1.54) is 24.1 Å². The highest BCUT2D eigenvalue weighted by molar-refractivity contribution is 6.35. The normalized spacial score (nSPS) is 20.4. The van der Waals surface area contributed by atoms with Gasteiger partial charge < -0.3 is 15.5 Å². The lowest BCUT2D eigenvalue weighted by Crippen LogP contribution is -2.34. The summed E-state index contributed by atoms with van der Waals surface area (Å²) in [5.41, 5.74) is 3.02. The van der Waals surface area contributed by atoms with Crippen molar-refractivity contribution in [2.75, 3.05) is 30.9 Å². The number of carbonyl (C=O) groups excluding carboxylic acids is 1. The van der Waals surface area contributed by atoms with Crippen LogP contribution in [0.3, 0.4) is 0 Å². The van der Waals surface area contributed by atoms with E-state index in [2.05, 4.69) is 29.6 Å². The summed E-state index contributed by atoms with van der Waals surface area (Å²) in [6, 6.07) is 5.28. The molecule has 1 amide bonds. The molecular weight excluding hydrogens is 445 g/mol. The third kappa shape index (κ3) is 5.65. The lowest BCUT2D eigenvalue weighted by Gasteiger charge is -2.30. The summed E-state index contributed by atoms with van der Waals surface area (Å²) in [4.78, 5) is 24.2. The molecule has 0 unspecified atom stereocenters. The number of halogens is 2. The Bertz CT molecular complexity index is 953. The van der Waals surface area contributed by atoms with Gasteiger partial charge in [0.1, 0.15) is 5.82 Å². The van der Waals surface area contributed by atoms with Gasteiger partial charge in [0.25, 0.3) is 5.91 Å². The smallest absolute Gasteiger partial charge is 0.251 e. The Kier molecular flexibility index (Phi) is 7.41. The highest BCUT2D eigenvalue weighted by Gasteiger charge is 2.24. The Morgan fingerprint density at radius 2 is 1.72 bits per heavy atom. The zero-order valence-electron chi connectivity index (χ0n) is 18.8. The molecule has 2 aliphatic carbocycles. The zero-order chi connectivity index (χ0) is 22.7. The molecular formula is C24H31Cl2N5O. The number of aromatic nitrogens is 2. The maximum atomic E-state index is 12.4. The largest absolute Gasteiger partial charge is 0.362 e.